The van der Waals surface area contributed by atoms with Gasteiger partial charge in [0.05, 0.1) is 7.11 Å². The smallest absolute Gasteiger partial charge is 0.253 e. The molecule has 5 heteroatoms. The van der Waals surface area contributed by atoms with Gasteiger partial charge < -0.3 is 19.6 Å². The Kier molecular flexibility index (Phi) is 4.49. The number of likely N-dealkylation sites (tertiary alicyclic amines) is 1. The van der Waals surface area contributed by atoms with Gasteiger partial charge in [-0.1, -0.05) is 0 Å². The molecule has 1 fully saturated rings. The standard InChI is InChI=1S/C15H22N2O3/c1-16(2)12-6-8-17(9-7-12)15(19)11-4-5-14(20-3)13(18)10-11/h4-5,10,12,18H,6-9H2,1-3H3. The molecule has 1 aliphatic heterocycles. The molecule has 1 N–H and O–H groups in total. The average Bonchev–Trinajstić information content (AvgIpc) is 2.46. The van der Waals surface area contributed by atoms with Crippen LogP contribution in [0.5, 0.6) is 11.5 Å². The third kappa shape index (κ3) is 3.04. The fraction of sp³-hybridized carbons (Fsp3) is 0.533. The van der Waals surface area contributed by atoms with Crippen molar-refractivity contribution in [2.75, 3.05) is 34.3 Å². The van der Waals surface area contributed by atoms with Crippen molar-refractivity contribution >= 4 is 5.91 Å². The maximum absolute atomic E-state index is 12.4. The molecule has 2 rings (SSSR count). The summed E-state index contributed by atoms with van der Waals surface area (Å²) in [5, 5.41) is 9.75. The minimum absolute atomic E-state index is 0.00141. The molecule has 1 heterocycles. The first-order valence-electron chi connectivity index (χ1n) is 6.85. The number of piperidine rings is 1. The first kappa shape index (κ1) is 14.7. The van der Waals surface area contributed by atoms with Gasteiger partial charge in [-0.3, -0.25) is 4.79 Å². The summed E-state index contributed by atoms with van der Waals surface area (Å²) in [6, 6.07) is 5.33. The molecule has 5 nitrogen and oxygen atoms in total. The van der Waals surface area contributed by atoms with Gasteiger partial charge >= 0.3 is 0 Å². The van der Waals surface area contributed by atoms with Crippen LogP contribution >= 0.6 is 0 Å². The van der Waals surface area contributed by atoms with Gasteiger partial charge in [-0.2, -0.15) is 0 Å². The van der Waals surface area contributed by atoms with Gasteiger partial charge in [0.1, 0.15) is 0 Å². The highest BCUT2D eigenvalue weighted by Crippen LogP contribution is 2.27. The highest BCUT2D eigenvalue weighted by molar-refractivity contribution is 5.95. The number of methoxy groups -OCH3 is 1. The van der Waals surface area contributed by atoms with Crippen LogP contribution in [0.25, 0.3) is 0 Å². The van der Waals surface area contributed by atoms with Crippen molar-refractivity contribution in [1.29, 1.82) is 0 Å². The molecule has 1 aromatic rings. The quantitative estimate of drug-likeness (QED) is 0.912. The molecule has 1 aromatic carbocycles. The highest BCUT2D eigenvalue weighted by Gasteiger charge is 2.24. The number of nitrogens with zero attached hydrogens (tertiary/aromatic N) is 2. The third-order valence-corrected chi connectivity index (χ3v) is 3.91. The van der Waals surface area contributed by atoms with Gasteiger partial charge in [0.25, 0.3) is 5.91 Å². The van der Waals surface area contributed by atoms with Gasteiger partial charge in [-0.05, 0) is 45.1 Å². The Hall–Kier alpha value is -1.75. The minimum atomic E-state index is -0.0276. The molecule has 0 atom stereocenters. The molecular weight excluding hydrogens is 256 g/mol. The van der Waals surface area contributed by atoms with Crippen LogP contribution in [0.15, 0.2) is 18.2 Å². The van der Waals surface area contributed by atoms with Crippen LogP contribution in [-0.2, 0) is 0 Å². The molecule has 110 valence electrons. The Balaban J connectivity index is 2.04. The summed E-state index contributed by atoms with van der Waals surface area (Å²) >= 11 is 0. The number of ether oxygens (including phenoxy) is 1. The Morgan fingerprint density at radius 3 is 2.50 bits per heavy atom. The Labute approximate surface area is 119 Å². The van der Waals surface area contributed by atoms with Crippen LogP contribution in [0.4, 0.5) is 0 Å². The average molecular weight is 278 g/mol. The molecular formula is C15H22N2O3. The zero-order valence-corrected chi connectivity index (χ0v) is 12.3. The second-order valence-corrected chi connectivity index (χ2v) is 5.37. The topological polar surface area (TPSA) is 53.0 Å². The summed E-state index contributed by atoms with van der Waals surface area (Å²) < 4.78 is 4.99. The van der Waals surface area contributed by atoms with E-state index in [9.17, 15) is 9.90 Å². The van der Waals surface area contributed by atoms with Crippen LogP contribution in [0, 0.1) is 0 Å². The zero-order valence-electron chi connectivity index (χ0n) is 12.3. The fourth-order valence-corrected chi connectivity index (χ4v) is 2.59. The lowest BCUT2D eigenvalue weighted by molar-refractivity contribution is 0.0663. The Morgan fingerprint density at radius 1 is 1.35 bits per heavy atom. The van der Waals surface area contributed by atoms with Crippen LogP contribution in [-0.4, -0.2) is 61.2 Å². The van der Waals surface area contributed by atoms with E-state index in [4.69, 9.17) is 4.74 Å². The molecule has 0 radical (unpaired) electrons. The number of hydrogen-bond acceptors (Lipinski definition) is 4. The molecule has 0 unspecified atom stereocenters. The van der Waals surface area contributed by atoms with E-state index in [0.717, 1.165) is 25.9 Å². The van der Waals surface area contributed by atoms with Crippen molar-refractivity contribution in [2.45, 2.75) is 18.9 Å². The molecule has 1 amide bonds. The number of phenols is 1. The predicted molar refractivity (Wildman–Crippen MR) is 77.3 cm³/mol. The first-order valence-corrected chi connectivity index (χ1v) is 6.85. The number of phenolic OH excluding ortho intramolecular Hbond substituents is 1. The molecule has 1 saturated heterocycles. The van der Waals surface area contributed by atoms with Gasteiger partial charge in [-0.15, -0.1) is 0 Å². The lowest BCUT2D eigenvalue weighted by atomic mass is 10.0. The van der Waals surface area contributed by atoms with Gasteiger partial charge in [0.15, 0.2) is 11.5 Å². The lowest BCUT2D eigenvalue weighted by Crippen LogP contribution is -2.44. The van der Waals surface area contributed by atoms with Crippen molar-refractivity contribution in [3.63, 3.8) is 0 Å². The summed E-state index contributed by atoms with van der Waals surface area (Å²) in [5.74, 6) is 0.356. The molecule has 1 aliphatic rings. The van der Waals surface area contributed by atoms with Crippen molar-refractivity contribution in [3.05, 3.63) is 23.8 Å². The molecule has 0 saturated carbocycles. The van der Waals surface area contributed by atoms with Crippen LogP contribution < -0.4 is 4.74 Å². The van der Waals surface area contributed by atoms with Crippen molar-refractivity contribution in [2.24, 2.45) is 0 Å². The van der Waals surface area contributed by atoms with E-state index >= 15 is 0 Å². The lowest BCUT2D eigenvalue weighted by Gasteiger charge is -2.35. The maximum atomic E-state index is 12.4. The van der Waals surface area contributed by atoms with E-state index in [-0.39, 0.29) is 11.7 Å². The van der Waals surface area contributed by atoms with E-state index in [1.807, 2.05) is 4.90 Å². The SMILES string of the molecule is COc1ccc(C(=O)N2CCC(N(C)C)CC2)cc1O. The molecule has 0 aliphatic carbocycles. The van der Waals surface area contributed by atoms with E-state index in [2.05, 4.69) is 19.0 Å². The minimum Gasteiger partial charge on any atom is -0.504 e. The number of amides is 1. The van der Waals surface area contributed by atoms with Crippen LogP contribution in [0.2, 0.25) is 0 Å². The second kappa shape index (κ2) is 6.13. The summed E-state index contributed by atoms with van der Waals surface area (Å²) in [6.45, 7) is 1.52. The Morgan fingerprint density at radius 2 is 2.00 bits per heavy atom. The number of benzene rings is 1. The summed E-state index contributed by atoms with van der Waals surface area (Å²) in [6.07, 6.45) is 1.97. The monoisotopic (exact) mass is 278 g/mol. The zero-order chi connectivity index (χ0) is 14.7. The van der Waals surface area contributed by atoms with E-state index in [0.29, 0.717) is 17.4 Å². The highest BCUT2D eigenvalue weighted by atomic mass is 16.5. The van der Waals surface area contributed by atoms with Gasteiger partial charge in [-0.25, -0.2) is 0 Å². The number of carbonyl (C=O) groups is 1. The summed E-state index contributed by atoms with van der Waals surface area (Å²) in [7, 11) is 5.63. The molecule has 0 aromatic heterocycles. The maximum Gasteiger partial charge on any atom is 0.253 e. The van der Waals surface area contributed by atoms with E-state index in [1.165, 1.54) is 13.2 Å². The van der Waals surface area contributed by atoms with E-state index in [1.54, 1.807) is 12.1 Å². The number of aromatic hydroxyl groups is 1. The molecule has 20 heavy (non-hydrogen) atoms. The fourth-order valence-electron chi connectivity index (χ4n) is 2.59. The van der Waals surface area contributed by atoms with E-state index < -0.39 is 0 Å². The second-order valence-electron chi connectivity index (χ2n) is 5.37. The normalized spacial score (nSPS) is 16.5. The summed E-state index contributed by atoms with van der Waals surface area (Å²) in [4.78, 5) is 16.4. The van der Waals surface area contributed by atoms with Crippen molar-refractivity contribution < 1.29 is 14.6 Å². The largest absolute Gasteiger partial charge is 0.504 e. The number of rotatable bonds is 3. The Bertz CT molecular complexity index is 480. The first-order chi connectivity index (χ1) is 9.52. The summed E-state index contributed by atoms with van der Waals surface area (Å²) in [5.41, 5.74) is 0.506. The molecule has 0 spiro atoms. The van der Waals surface area contributed by atoms with Crippen molar-refractivity contribution in [3.8, 4) is 11.5 Å². The molecule has 0 bridgehead atoms. The van der Waals surface area contributed by atoms with Gasteiger partial charge in [0, 0.05) is 24.7 Å². The van der Waals surface area contributed by atoms with Gasteiger partial charge in [0.2, 0.25) is 0 Å². The number of carbonyl (C=O) groups excluding carboxylic acids is 1. The predicted octanol–water partition coefficient (Wildman–Crippen LogP) is 1.57. The van der Waals surface area contributed by atoms with Crippen LogP contribution in [0.1, 0.15) is 23.2 Å². The third-order valence-electron chi connectivity index (χ3n) is 3.91. The van der Waals surface area contributed by atoms with Crippen molar-refractivity contribution in [1.82, 2.24) is 9.80 Å². The van der Waals surface area contributed by atoms with Crippen LogP contribution in [0.3, 0.4) is 0 Å². The number of hydrogen-bond donors (Lipinski definition) is 1.